The van der Waals surface area contributed by atoms with Gasteiger partial charge in [-0.05, 0) is 55.1 Å². The molecule has 1 unspecified atom stereocenters. The second kappa shape index (κ2) is 7.28. The Balaban J connectivity index is 2.12. The summed E-state index contributed by atoms with van der Waals surface area (Å²) in [6, 6.07) is 17.5. The highest BCUT2D eigenvalue weighted by Gasteiger charge is 2.07. The highest BCUT2D eigenvalue weighted by Crippen LogP contribution is 2.20. The molecular weight excluding hydrogens is 256 g/mol. The van der Waals surface area contributed by atoms with Crippen LogP contribution in [-0.2, 0) is 6.54 Å². The lowest BCUT2D eigenvalue weighted by atomic mass is 10.00. The molecule has 0 spiro atoms. The molecule has 2 N–H and O–H groups in total. The molecule has 0 aliphatic rings. The van der Waals surface area contributed by atoms with Crippen LogP contribution in [0.3, 0.4) is 0 Å². The first-order chi connectivity index (χ1) is 10.1. The summed E-state index contributed by atoms with van der Waals surface area (Å²) < 4.78 is 0. The van der Waals surface area contributed by atoms with Crippen LogP contribution in [0.1, 0.15) is 36.5 Å². The van der Waals surface area contributed by atoms with Crippen molar-refractivity contribution in [1.82, 2.24) is 0 Å². The van der Waals surface area contributed by atoms with Crippen LogP contribution in [0, 0.1) is 6.92 Å². The zero-order chi connectivity index (χ0) is 15.2. The Morgan fingerprint density at radius 1 is 1.10 bits per heavy atom. The molecule has 0 fully saturated rings. The molecule has 112 valence electrons. The maximum Gasteiger partial charge on any atom is 0.0429 e. The lowest BCUT2D eigenvalue weighted by Crippen LogP contribution is -2.22. The molecule has 0 saturated heterocycles. The highest BCUT2D eigenvalue weighted by molar-refractivity contribution is 5.49. The van der Waals surface area contributed by atoms with Gasteiger partial charge in [0.15, 0.2) is 0 Å². The highest BCUT2D eigenvalue weighted by atomic mass is 15.1. The van der Waals surface area contributed by atoms with E-state index < -0.39 is 0 Å². The Bertz CT molecular complexity index is 560. The van der Waals surface area contributed by atoms with Gasteiger partial charge in [0.2, 0.25) is 0 Å². The van der Waals surface area contributed by atoms with E-state index in [1.165, 1.54) is 22.4 Å². The predicted octanol–water partition coefficient (Wildman–Crippen LogP) is 4.08. The molecule has 0 aliphatic carbocycles. The maximum atomic E-state index is 5.73. The van der Waals surface area contributed by atoms with Crippen LogP contribution < -0.4 is 10.6 Å². The number of benzene rings is 2. The van der Waals surface area contributed by atoms with Crippen LogP contribution >= 0.6 is 0 Å². The minimum absolute atomic E-state index is 0.429. The Kier molecular flexibility index (Phi) is 5.40. The fourth-order valence-corrected chi connectivity index (χ4v) is 2.52. The van der Waals surface area contributed by atoms with E-state index in [9.17, 15) is 0 Å². The van der Waals surface area contributed by atoms with Gasteiger partial charge in [0, 0.05) is 18.8 Å². The molecule has 1 atom stereocenters. The normalized spacial score (nSPS) is 12.2. The Labute approximate surface area is 128 Å². The standard InChI is InChI=1S/C19H26N2/c1-4-21(19-7-5-6-15(2)12-19)14-17-8-10-18(11-9-17)16(3)13-20/h5-12,16H,4,13-14,20H2,1-3H3. The average molecular weight is 282 g/mol. The summed E-state index contributed by atoms with van der Waals surface area (Å²) in [7, 11) is 0. The van der Waals surface area contributed by atoms with Crippen molar-refractivity contribution in [2.45, 2.75) is 33.2 Å². The first kappa shape index (κ1) is 15.6. The van der Waals surface area contributed by atoms with E-state index >= 15 is 0 Å². The fourth-order valence-electron chi connectivity index (χ4n) is 2.52. The van der Waals surface area contributed by atoms with E-state index in [0.29, 0.717) is 12.5 Å². The third kappa shape index (κ3) is 4.08. The molecule has 2 nitrogen and oxygen atoms in total. The van der Waals surface area contributed by atoms with Crippen LogP contribution in [0.4, 0.5) is 5.69 Å². The summed E-state index contributed by atoms with van der Waals surface area (Å²) >= 11 is 0. The smallest absolute Gasteiger partial charge is 0.0429 e. The van der Waals surface area contributed by atoms with E-state index in [4.69, 9.17) is 5.73 Å². The Hall–Kier alpha value is -1.80. The van der Waals surface area contributed by atoms with Crippen molar-refractivity contribution in [3.8, 4) is 0 Å². The molecule has 21 heavy (non-hydrogen) atoms. The molecule has 0 saturated carbocycles. The Morgan fingerprint density at radius 2 is 1.81 bits per heavy atom. The van der Waals surface area contributed by atoms with Crippen molar-refractivity contribution in [1.29, 1.82) is 0 Å². The molecule has 0 aromatic heterocycles. The number of anilines is 1. The van der Waals surface area contributed by atoms with Gasteiger partial charge < -0.3 is 10.6 Å². The van der Waals surface area contributed by atoms with Gasteiger partial charge in [0.05, 0.1) is 0 Å². The van der Waals surface area contributed by atoms with E-state index in [-0.39, 0.29) is 0 Å². The third-order valence-corrected chi connectivity index (χ3v) is 4.02. The van der Waals surface area contributed by atoms with Crippen LogP contribution in [-0.4, -0.2) is 13.1 Å². The summed E-state index contributed by atoms with van der Waals surface area (Å²) in [5, 5.41) is 0. The van der Waals surface area contributed by atoms with Crippen molar-refractivity contribution < 1.29 is 0 Å². The number of rotatable bonds is 6. The van der Waals surface area contributed by atoms with Gasteiger partial charge in [-0.3, -0.25) is 0 Å². The summed E-state index contributed by atoms with van der Waals surface area (Å²) in [5.41, 5.74) is 11.0. The van der Waals surface area contributed by atoms with E-state index in [1.54, 1.807) is 0 Å². The number of hydrogen-bond acceptors (Lipinski definition) is 2. The summed E-state index contributed by atoms with van der Waals surface area (Å²) in [5.74, 6) is 0.429. The van der Waals surface area contributed by atoms with Crippen molar-refractivity contribution in [2.75, 3.05) is 18.0 Å². The van der Waals surface area contributed by atoms with E-state index in [2.05, 4.69) is 74.2 Å². The van der Waals surface area contributed by atoms with E-state index in [1.807, 2.05) is 0 Å². The lowest BCUT2D eigenvalue weighted by molar-refractivity contribution is 0.771. The van der Waals surface area contributed by atoms with Crippen LogP contribution in [0.2, 0.25) is 0 Å². The number of nitrogens with two attached hydrogens (primary N) is 1. The van der Waals surface area contributed by atoms with Gasteiger partial charge in [-0.15, -0.1) is 0 Å². The third-order valence-electron chi connectivity index (χ3n) is 4.02. The molecule has 0 radical (unpaired) electrons. The molecule has 0 aliphatic heterocycles. The zero-order valence-corrected chi connectivity index (χ0v) is 13.3. The summed E-state index contributed by atoms with van der Waals surface area (Å²) in [6.45, 7) is 9.15. The van der Waals surface area contributed by atoms with Crippen molar-refractivity contribution in [3.05, 3.63) is 65.2 Å². The SMILES string of the molecule is CCN(Cc1ccc(C(C)CN)cc1)c1cccc(C)c1. The molecule has 2 aromatic carbocycles. The predicted molar refractivity (Wildman–Crippen MR) is 91.8 cm³/mol. The molecule has 0 bridgehead atoms. The first-order valence-electron chi connectivity index (χ1n) is 7.74. The molecule has 0 amide bonds. The number of hydrogen-bond donors (Lipinski definition) is 1. The van der Waals surface area contributed by atoms with Crippen LogP contribution in [0.15, 0.2) is 48.5 Å². The Morgan fingerprint density at radius 3 is 2.38 bits per heavy atom. The van der Waals surface area contributed by atoms with Crippen molar-refractivity contribution >= 4 is 5.69 Å². The molecule has 2 aromatic rings. The van der Waals surface area contributed by atoms with Crippen LogP contribution in [0.5, 0.6) is 0 Å². The maximum absolute atomic E-state index is 5.73. The minimum atomic E-state index is 0.429. The van der Waals surface area contributed by atoms with Gasteiger partial charge in [0.25, 0.3) is 0 Å². The van der Waals surface area contributed by atoms with Gasteiger partial charge >= 0.3 is 0 Å². The molecule has 2 heteroatoms. The van der Waals surface area contributed by atoms with Gasteiger partial charge in [0.1, 0.15) is 0 Å². The molecule has 0 heterocycles. The number of aryl methyl sites for hydroxylation is 1. The second-order valence-electron chi connectivity index (χ2n) is 5.73. The zero-order valence-electron chi connectivity index (χ0n) is 13.3. The number of nitrogens with zero attached hydrogens (tertiary/aromatic N) is 1. The molecule has 2 rings (SSSR count). The first-order valence-corrected chi connectivity index (χ1v) is 7.74. The summed E-state index contributed by atoms with van der Waals surface area (Å²) in [4.78, 5) is 2.40. The minimum Gasteiger partial charge on any atom is -0.367 e. The van der Waals surface area contributed by atoms with E-state index in [0.717, 1.165) is 13.1 Å². The fraction of sp³-hybridized carbons (Fsp3) is 0.368. The topological polar surface area (TPSA) is 29.3 Å². The van der Waals surface area contributed by atoms with Gasteiger partial charge in [-0.2, -0.15) is 0 Å². The van der Waals surface area contributed by atoms with Crippen molar-refractivity contribution in [3.63, 3.8) is 0 Å². The lowest BCUT2D eigenvalue weighted by Gasteiger charge is -2.24. The summed E-state index contributed by atoms with van der Waals surface area (Å²) in [6.07, 6.45) is 0. The quantitative estimate of drug-likeness (QED) is 0.865. The monoisotopic (exact) mass is 282 g/mol. The van der Waals surface area contributed by atoms with Gasteiger partial charge in [-0.1, -0.05) is 43.3 Å². The van der Waals surface area contributed by atoms with Gasteiger partial charge in [-0.25, -0.2) is 0 Å². The van der Waals surface area contributed by atoms with Crippen molar-refractivity contribution in [2.24, 2.45) is 5.73 Å². The second-order valence-corrected chi connectivity index (χ2v) is 5.73. The largest absolute Gasteiger partial charge is 0.367 e. The molecular formula is C19H26N2. The average Bonchev–Trinajstić information content (AvgIpc) is 2.52. The van der Waals surface area contributed by atoms with Crippen LogP contribution in [0.25, 0.3) is 0 Å².